The van der Waals surface area contributed by atoms with E-state index in [2.05, 4.69) is 15.4 Å². The van der Waals surface area contributed by atoms with E-state index < -0.39 is 0 Å². The third kappa shape index (κ3) is 5.34. The van der Waals surface area contributed by atoms with Crippen molar-refractivity contribution in [2.45, 2.75) is 37.8 Å². The number of amides is 2. The summed E-state index contributed by atoms with van der Waals surface area (Å²) in [7, 11) is 0. The van der Waals surface area contributed by atoms with Gasteiger partial charge in [-0.15, -0.1) is 11.8 Å². The zero-order chi connectivity index (χ0) is 19.9. The Hall–Kier alpha value is -2.35. The van der Waals surface area contributed by atoms with Crippen LogP contribution in [0.15, 0.2) is 35.7 Å². The van der Waals surface area contributed by atoms with Gasteiger partial charge in [-0.2, -0.15) is 5.10 Å². The Kier molecular flexibility index (Phi) is 7.08. The standard InChI is InChI=1S/C20H27N5O2S/c1-15-12-23-25(14-15)11-7-18(26)22-13-16-5-9-24(10-6-16)20(27)17-4-3-8-21-19(17)28-2/h3-4,8,12,14,16H,5-7,9-11,13H2,1-2H3,(H,22,26). The number of piperidine rings is 1. The molecule has 0 spiro atoms. The summed E-state index contributed by atoms with van der Waals surface area (Å²) in [6.45, 7) is 4.68. The minimum atomic E-state index is 0.0478. The van der Waals surface area contributed by atoms with Crippen LogP contribution in [-0.2, 0) is 11.3 Å². The molecule has 8 heteroatoms. The van der Waals surface area contributed by atoms with Crippen LogP contribution in [0, 0.1) is 12.8 Å². The van der Waals surface area contributed by atoms with Gasteiger partial charge in [0.2, 0.25) is 5.91 Å². The summed E-state index contributed by atoms with van der Waals surface area (Å²) in [6.07, 6.45) is 9.60. The predicted molar refractivity (Wildman–Crippen MR) is 109 cm³/mol. The lowest BCUT2D eigenvalue weighted by molar-refractivity contribution is -0.121. The van der Waals surface area contributed by atoms with Gasteiger partial charge in [-0.3, -0.25) is 14.3 Å². The first kappa shape index (κ1) is 20.4. The quantitative estimate of drug-likeness (QED) is 0.721. The second kappa shape index (κ2) is 9.73. The molecule has 1 N–H and O–H groups in total. The zero-order valence-corrected chi connectivity index (χ0v) is 17.2. The number of likely N-dealkylation sites (tertiary alicyclic amines) is 1. The van der Waals surface area contributed by atoms with E-state index in [0.29, 0.717) is 44.1 Å². The SMILES string of the molecule is CSc1ncccc1C(=O)N1CCC(CNC(=O)CCn2cc(C)cn2)CC1. The van der Waals surface area contributed by atoms with Crippen molar-refractivity contribution in [1.82, 2.24) is 25.0 Å². The van der Waals surface area contributed by atoms with Crippen molar-refractivity contribution in [2.75, 3.05) is 25.9 Å². The van der Waals surface area contributed by atoms with Crippen molar-refractivity contribution in [1.29, 1.82) is 0 Å². The van der Waals surface area contributed by atoms with Gasteiger partial charge in [0.1, 0.15) is 5.03 Å². The monoisotopic (exact) mass is 401 g/mol. The normalized spacial score (nSPS) is 14.9. The topological polar surface area (TPSA) is 80.1 Å². The lowest BCUT2D eigenvalue weighted by atomic mass is 9.96. The number of carbonyl (C=O) groups is 2. The minimum Gasteiger partial charge on any atom is -0.356 e. The van der Waals surface area contributed by atoms with Gasteiger partial charge >= 0.3 is 0 Å². The molecule has 0 aromatic carbocycles. The van der Waals surface area contributed by atoms with Crippen LogP contribution in [0.3, 0.4) is 0 Å². The average Bonchev–Trinajstić information content (AvgIpc) is 3.15. The number of carbonyl (C=O) groups excluding carboxylic acids is 2. The predicted octanol–water partition coefficient (Wildman–Crippen LogP) is 2.37. The number of rotatable bonds is 7. The summed E-state index contributed by atoms with van der Waals surface area (Å²) in [6, 6.07) is 3.65. The second-order valence-electron chi connectivity index (χ2n) is 7.13. The summed E-state index contributed by atoms with van der Waals surface area (Å²) in [5.41, 5.74) is 1.77. The molecule has 1 aliphatic heterocycles. The number of aryl methyl sites for hydroxylation is 2. The van der Waals surface area contributed by atoms with Gasteiger partial charge in [-0.1, -0.05) is 0 Å². The van der Waals surface area contributed by atoms with E-state index in [4.69, 9.17) is 0 Å². The number of thioether (sulfide) groups is 1. The van der Waals surface area contributed by atoms with Gasteiger partial charge < -0.3 is 10.2 Å². The first-order valence-electron chi connectivity index (χ1n) is 9.61. The smallest absolute Gasteiger partial charge is 0.256 e. The van der Waals surface area contributed by atoms with Gasteiger partial charge in [0.15, 0.2) is 0 Å². The molecule has 0 aliphatic carbocycles. The van der Waals surface area contributed by atoms with Crippen molar-refractivity contribution in [3.05, 3.63) is 41.9 Å². The lowest BCUT2D eigenvalue weighted by Gasteiger charge is -2.32. The number of hydrogen-bond acceptors (Lipinski definition) is 5. The molecular formula is C20H27N5O2S. The fraction of sp³-hybridized carbons (Fsp3) is 0.500. The number of pyridine rings is 1. The van der Waals surface area contributed by atoms with Gasteiger partial charge in [0, 0.05) is 45.0 Å². The molecule has 0 atom stereocenters. The second-order valence-corrected chi connectivity index (χ2v) is 7.93. The Bertz CT molecular complexity index is 814. The molecule has 28 heavy (non-hydrogen) atoms. The van der Waals surface area contributed by atoms with Crippen LogP contribution in [0.25, 0.3) is 0 Å². The van der Waals surface area contributed by atoms with E-state index in [-0.39, 0.29) is 11.8 Å². The summed E-state index contributed by atoms with van der Waals surface area (Å²) in [5.74, 6) is 0.509. The van der Waals surface area contributed by atoms with Crippen molar-refractivity contribution >= 4 is 23.6 Å². The Morgan fingerprint density at radius 2 is 2.11 bits per heavy atom. The Labute approximate surface area is 169 Å². The molecule has 0 radical (unpaired) electrons. The number of aromatic nitrogens is 3. The minimum absolute atomic E-state index is 0.0478. The van der Waals surface area contributed by atoms with E-state index >= 15 is 0 Å². The van der Waals surface area contributed by atoms with E-state index in [1.54, 1.807) is 23.1 Å². The van der Waals surface area contributed by atoms with Crippen LogP contribution in [0.1, 0.15) is 35.2 Å². The zero-order valence-electron chi connectivity index (χ0n) is 16.4. The highest BCUT2D eigenvalue weighted by Gasteiger charge is 2.25. The Balaban J connectivity index is 1.40. The molecule has 1 aliphatic rings. The maximum Gasteiger partial charge on any atom is 0.256 e. The molecule has 2 aromatic rings. The van der Waals surface area contributed by atoms with Gasteiger partial charge in [0.25, 0.3) is 5.91 Å². The fourth-order valence-electron chi connectivity index (χ4n) is 3.38. The molecule has 2 amide bonds. The van der Waals surface area contributed by atoms with E-state index in [1.807, 2.05) is 30.3 Å². The number of nitrogens with one attached hydrogen (secondary N) is 1. The Morgan fingerprint density at radius 3 is 2.79 bits per heavy atom. The maximum absolute atomic E-state index is 12.8. The van der Waals surface area contributed by atoms with Crippen molar-refractivity contribution < 1.29 is 9.59 Å². The van der Waals surface area contributed by atoms with E-state index in [0.717, 1.165) is 23.4 Å². The molecule has 0 unspecified atom stereocenters. The van der Waals surface area contributed by atoms with Crippen LogP contribution < -0.4 is 5.32 Å². The molecule has 3 rings (SSSR count). The molecule has 3 heterocycles. The van der Waals surface area contributed by atoms with Crippen molar-refractivity contribution in [3.8, 4) is 0 Å². The molecule has 7 nitrogen and oxygen atoms in total. The summed E-state index contributed by atoms with van der Waals surface area (Å²) in [5, 5.41) is 7.99. The van der Waals surface area contributed by atoms with Crippen LogP contribution >= 0.6 is 11.8 Å². The first-order valence-corrected chi connectivity index (χ1v) is 10.8. The average molecular weight is 402 g/mol. The van der Waals surface area contributed by atoms with Crippen LogP contribution in [0.5, 0.6) is 0 Å². The molecule has 2 aromatic heterocycles. The van der Waals surface area contributed by atoms with Crippen LogP contribution in [0.4, 0.5) is 0 Å². The van der Waals surface area contributed by atoms with Crippen molar-refractivity contribution in [3.63, 3.8) is 0 Å². The third-order valence-electron chi connectivity index (χ3n) is 5.01. The molecular weight excluding hydrogens is 374 g/mol. The summed E-state index contributed by atoms with van der Waals surface area (Å²) < 4.78 is 1.79. The highest BCUT2D eigenvalue weighted by atomic mass is 32.2. The summed E-state index contributed by atoms with van der Waals surface area (Å²) >= 11 is 1.49. The molecule has 150 valence electrons. The van der Waals surface area contributed by atoms with Crippen molar-refractivity contribution in [2.24, 2.45) is 5.92 Å². The molecule has 0 bridgehead atoms. The lowest BCUT2D eigenvalue weighted by Crippen LogP contribution is -2.41. The van der Waals surface area contributed by atoms with Crippen LogP contribution in [-0.4, -0.2) is 57.4 Å². The highest BCUT2D eigenvalue weighted by Crippen LogP contribution is 2.22. The van der Waals surface area contributed by atoms with Crippen LogP contribution in [0.2, 0.25) is 0 Å². The molecule has 1 fully saturated rings. The number of hydrogen-bond donors (Lipinski definition) is 1. The summed E-state index contributed by atoms with van der Waals surface area (Å²) in [4.78, 5) is 31.0. The first-order chi connectivity index (χ1) is 13.6. The molecule has 1 saturated heterocycles. The maximum atomic E-state index is 12.8. The van der Waals surface area contributed by atoms with Gasteiger partial charge in [-0.25, -0.2) is 4.98 Å². The van der Waals surface area contributed by atoms with E-state index in [9.17, 15) is 9.59 Å². The highest BCUT2D eigenvalue weighted by molar-refractivity contribution is 7.98. The molecule has 0 saturated carbocycles. The van der Waals surface area contributed by atoms with Gasteiger partial charge in [-0.05, 0) is 49.6 Å². The van der Waals surface area contributed by atoms with E-state index in [1.165, 1.54) is 11.8 Å². The number of nitrogens with zero attached hydrogens (tertiary/aromatic N) is 4. The fourth-order valence-corrected chi connectivity index (χ4v) is 3.92. The Morgan fingerprint density at radius 1 is 1.32 bits per heavy atom. The van der Waals surface area contributed by atoms with Gasteiger partial charge in [0.05, 0.1) is 11.8 Å². The third-order valence-corrected chi connectivity index (χ3v) is 5.73. The largest absolute Gasteiger partial charge is 0.356 e.